The Morgan fingerprint density at radius 3 is 2.68 bits per heavy atom. The van der Waals surface area contributed by atoms with Gasteiger partial charge in [-0.2, -0.15) is 0 Å². The van der Waals surface area contributed by atoms with Gasteiger partial charge in [0.2, 0.25) is 0 Å². The highest BCUT2D eigenvalue weighted by Crippen LogP contribution is 2.34. The molecule has 5 nitrogen and oxygen atoms in total. The van der Waals surface area contributed by atoms with Gasteiger partial charge < -0.3 is 15.3 Å². The van der Waals surface area contributed by atoms with E-state index in [1.165, 1.54) is 12.8 Å². The highest BCUT2D eigenvalue weighted by Gasteiger charge is 2.30. The number of piperidine rings is 1. The molecule has 1 saturated heterocycles. The van der Waals surface area contributed by atoms with Crippen LogP contribution in [0.4, 0.5) is 4.79 Å². The van der Waals surface area contributed by atoms with Crippen molar-refractivity contribution in [3.8, 4) is 0 Å². The maximum absolute atomic E-state index is 12.2. The fraction of sp³-hybridized carbons (Fsp3) is 0.857. The third-order valence-corrected chi connectivity index (χ3v) is 4.19. The molecule has 2 amide bonds. The van der Waals surface area contributed by atoms with E-state index in [0.29, 0.717) is 19.5 Å². The van der Waals surface area contributed by atoms with Crippen LogP contribution in [-0.4, -0.2) is 41.1 Å². The van der Waals surface area contributed by atoms with Gasteiger partial charge >= 0.3 is 12.0 Å². The minimum Gasteiger partial charge on any atom is -0.481 e. The van der Waals surface area contributed by atoms with Crippen LogP contribution in [0.15, 0.2) is 0 Å². The van der Waals surface area contributed by atoms with Crippen LogP contribution in [0.2, 0.25) is 0 Å². The van der Waals surface area contributed by atoms with Gasteiger partial charge in [0.05, 0.1) is 5.92 Å². The molecule has 5 heteroatoms. The maximum atomic E-state index is 12.2. The first-order valence-corrected chi connectivity index (χ1v) is 7.38. The standard InChI is InChI=1S/C14H24N2O3/c1-2-12(8-10-5-6-10)15-14(19)16-7-3-4-11(9-16)13(17)18/h10-12H,2-9H2,1H3,(H,15,19)(H,17,18)/t11-,12?/m1/s1. The number of urea groups is 1. The third-order valence-electron chi connectivity index (χ3n) is 4.19. The van der Waals surface area contributed by atoms with Gasteiger partial charge in [0.15, 0.2) is 0 Å². The molecule has 2 atom stereocenters. The van der Waals surface area contributed by atoms with Crippen LogP contribution in [0.1, 0.15) is 45.4 Å². The first-order valence-electron chi connectivity index (χ1n) is 7.38. The summed E-state index contributed by atoms with van der Waals surface area (Å²) in [6, 6.07) is 0.156. The second-order valence-corrected chi connectivity index (χ2v) is 5.86. The smallest absolute Gasteiger partial charge is 0.317 e. The molecule has 2 fully saturated rings. The molecule has 2 rings (SSSR count). The first-order chi connectivity index (χ1) is 9.10. The Balaban J connectivity index is 1.81. The number of likely N-dealkylation sites (tertiary alicyclic amines) is 1. The summed E-state index contributed by atoms with van der Waals surface area (Å²) in [5.74, 6) is -0.399. The summed E-state index contributed by atoms with van der Waals surface area (Å²) in [6.07, 6.45) is 6.05. The van der Waals surface area contributed by atoms with Crippen molar-refractivity contribution < 1.29 is 14.7 Å². The van der Waals surface area contributed by atoms with Crippen LogP contribution >= 0.6 is 0 Å². The van der Waals surface area contributed by atoms with Crippen molar-refractivity contribution in [2.24, 2.45) is 11.8 Å². The summed E-state index contributed by atoms with van der Waals surface area (Å²) in [5.41, 5.74) is 0. The average molecular weight is 268 g/mol. The van der Waals surface area contributed by atoms with Crippen LogP contribution in [0.5, 0.6) is 0 Å². The van der Waals surface area contributed by atoms with Gasteiger partial charge in [-0.3, -0.25) is 4.79 Å². The minimum absolute atomic E-state index is 0.0848. The van der Waals surface area contributed by atoms with E-state index >= 15 is 0 Å². The Labute approximate surface area is 114 Å². The number of carboxylic acid groups (broad SMARTS) is 1. The van der Waals surface area contributed by atoms with E-state index in [1.54, 1.807) is 4.90 Å². The summed E-state index contributed by atoms with van der Waals surface area (Å²) in [4.78, 5) is 24.8. The molecule has 1 heterocycles. The van der Waals surface area contributed by atoms with Gasteiger partial charge in [-0.1, -0.05) is 19.8 Å². The lowest BCUT2D eigenvalue weighted by Crippen LogP contribution is -2.49. The van der Waals surface area contributed by atoms with Crippen molar-refractivity contribution in [1.82, 2.24) is 10.2 Å². The van der Waals surface area contributed by atoms with Crippen LogP contribution in [0, 0.1) is 11.8 Å². The van der Waals surface area contributed by atoms with Gasteiger partial charge in [-0.25, -0.2) is 4.79 Å². The first kappa shape index (κ1) is 14.2. The van der Waals surface area contributed by atoms with Crippen LogP contribution in [0.25, 0.3) is 0 Å². The van der Waals surface area contributed by atoms with E-state index in [1.807, 2.05) is 0 Å². The molecule has 1 unspecified atom stereocenters. The number of hydrogen-bond acceptors (Lipinski definition) is 2. The number of aliphatic carboxylic acids is 1. The van der Waals surface area contributed by atoms with Crippen LogP contribution < -0.4 is 5.32 Å². The second-order valence-electron chi connectivity index (χ2n) is 5.86. The highest BCUT2D eigenvalue weighted by atomic mass is 16.4. The van der Waals surface area contributed by atoms with Gasteiger partial charge in [0.1, 0.15) is 0 Å². The van der Waals surface area contributed by atoms with Crippen molar-refractivity contribution in [2.75, 3.05) is 13.1 Å². The topological polar surface area (TPSA) is 69.6 Å². The third kappa shape index (κ3) is 4.11. The number of nitrogens with one attached hydrogen (secondary N) is 1. The van der Waals surface area contributed by atoms with Gasteiger partial charge in [0, 0.05) is 19.1 Å². The highest BCUT2D eigenvalue weighted by molar-refractivity contribution is 5.76. The lowest BCUT2D eigenvalue weighted by atomic mass is 9.98. The predicted octanol–water partition coefficient (Wildman–Crippen LogP) is 2.07. The van der Waals surface area contributed by atoms with E-state index < -0.39 is 11.9 Å². The van der Waals surface area contributed by atoms with Crippen LogP contribution in [0.3, 0.4) is 0 Å². The molecule has 0 aromatic heterocycles. The Morgan fingerprint density at radius 1 is 1.37 bits per heavy atom. The van der Waals surface area contributed by atoms with E-state index in [0.717, 1.165) is 25.2 Å². The molecule has 1 saturated carbocycles. The summed E-state index contributed by atoms with van der Waals surface area (Å²) in [5, 5.41) is 12.1. The summed E-state index contributed by atoms with van der Waals surface area (Å²) in [7, 11) is 0. The molecular formula is C14H24N2O3. The van der Waals surface area contributed by atoms with Crippen molar-refractivity contribution in [3.63, 3.8) is 0 Å². The molecule has 0 spiro atoms. The molecule has 19 heavy (non-hydrogen) atoms. The molecule has 108 valence electrons. The average Bonchev–Trinajstić information content (AvgIpc) is 3.22. The zero-order valence-electron chi connectivity index (χ0n) is 11.6. The molecule has 0 radical (unpaired) electrons. The number of rotatable bonds is 5. The van der Waals surface area contributed by atoms with Crippen molar-refractivity contribution >= 4 is 12.0 Å². The Kier molecular flexibility index (Phi) is 4.66. The normalized spacial score (nSPS) is 24.9. The summed E-state index contributed by atoms with van der Waals surface area (Å²) >= 11 is 0. The SMILES string of the molecule is CCC(CC1CC1)NC(=O)N1CCC[C@@H](C(=O)O)C1. The Bertz CT molecular complexity index is 342. The van der Waals surface area contributed by atoms with Gasteiger partial charge in [-0.15, -0.1) is 0 Å². The minimum atomic E-state index is -0.789. The molecule has 0 aromatic rings. The molecule has 2 aliphatic rings. The number of hydrogen-bond donors (Lipinski definition) is 2. The number of carbonyl (C=O) groups excluding carboxylic acids is 1. The zero-order valence-corrected chi connectivity index (χ0v) is 11.6. The predicted molar refractivity (Wildman–Crippen MR) is 71.9 cm³/mol. The number of nitrogens with zero attached hydrogens (tertiary/aromatic N) is 1. The fourth-order valence-electron chi connectivity index (χ4n) is 2.71. The monoisotopic (exact) mass is 268 g/mol. The zero-order chi connectivity index (χ0) is 13.8. The van der Waals surface area contributed by atoms with Gasteiger partial charge in [0.25, 0.3) is 0 Å². The quantitative estimate of drug-likeness (QED) is 0.802. The summed E-state index contributed by atoms with van der Waals surface area (Å²) in [6.45, 7) is 3.11. The maximum Gasteiger partial charge on any atom is 0.317 e. The van der Waals surface area contributed by atoms with E-state index in [-0.39, 0.29) is 12.1 Å². The lowest BCUT2D eigenvalue weighted by Gasteiger charge is -2.32. The Morgan fingerprint density at radius 2 is 2.11 bits per heavy atom. The number of carbonyl (C=O) groups is 2. The number of carboxylic acids is 1. The van der Waals surface area contributed by atoms with E-state index in [9.17, 15) is 9.59 Å². The number of amides is 2. The van der Waals surface area contributed by atoms with Crippen molar-refractivity contribution in [1.29, 1.82) is 0 Å². The largest absolute Gasteiger partial charge is 0.481 e. The second kappa shape index (κ2) is 6.26. The van der Waals surface area contributed by atoms with Gasteiger partial charge in [-0.05, 0) is 31.6 Å². The summed E-state index contributed by atoms with van der Waals surface area (Å²) < 4.78 is 0. The van der Waals surface area contributed by atoms with Crippen molar-refractivity contribution in [3.05, 3.63) is 0 Å². The van der Waals surface area contributed by atoms with E-state index in [2.05, 4.69) is 12.2 Å². The molecule has 1 aliphatic heterocycles. The van der Waals surface area contributed by atoms with Crippen molar-refractivity contribution in [2.45, 2.75) is 51.5 Å². The molecule has 0 aromatic carbocycles. The molecule has 1 aliphatic carbocycles. The molecule has 0 bridgehead atoms. The van der Waals surface area contributed by atoms with Crippen LogP contribution in [-0.2, 0) is 4.79 Å². The molecular weight excluding hydrogens is 244 g/mol. The Hall–Kier alpha value is -1.26. The lowest BCUT2D eigenvalue weighted by molar-refractivity contribution is -0.143. The fourth-order valence-corrected chi connectivity index (χ4v) is 2.71. The van der Waals surface area contributed by atoms with E-state index in [4.69, 9.17) is 5.11 Å². The molecule has 2 N–H and O–H groups in total.